The van der Waals surface area contributed by atoms with Crippen molar-refractivity contribution in [2.75, 3.05) is 12.4 Å². The van der Waals surface area contributed by atoms with Gasteiger partial charge in [-0.1, -0.05) is 29.8 Å². The SMILES string of the molecule is CNC(=O)c1ccc(NC(=O)Cn2nnc(-c3ccc(C)cc3)n2)cc1. The van der Waals surface area contributed by atoms with Gasteiger partial charge in [-0.25, -0.2) is 0 Å². The third-order valence-electron chi connectivity index (χ3n) is 3.71. The van der Waals surface area contributed by atoms with E-state index in [0.29, 0.717) is 17.1 Å². The van der Waals surface area contributed by atoms with Crippen LogP contribution in [0.3, 0.4) is 0 Å². The molecule has 2 N–H and O–H groups in total. The lowest BCUT2D eigenvalue weighted by Gasteiger charge is -2.05. The topological polar surface area (TPSA) is 102 Å². The van der Waals surface area contributed by atoms with Crippen molar-refractivity contribution < 1.29 is 9.59 Å². The highest BCUT2D eigenvalue weighted by molar-refractivity contribution is 5.95. The Kier molecular flexibility index (Phi) is 5.02. The van der Waals surface area contributed by atoms with Gasteiger partial charge in [0.1, 0.15) is 6.54 Å². The molecule has 0 aliphatic rings. The second-order valence-electron chi connectivity index (χ2n) is 5.71. The van der Waals surface area contributed by atoms with Crippen molar-refractivity contribution in [2.24, 2.45) is 0 Å². The van der Waals surface area contributed by atoms with E-state index in [-0.39, 0.29) is 18.4 Å². The first-order valence-electron chi connectivity index (χ1n) is 8.02. The van der Waals surface area contributed by atoms with Crippen molar-refractivity contribution >= 4 is 17.5 Å². The molecule has 8 nitrogen and oxygen atoms in total. The van der Waals surface area contributed by atoms with Crippen LogP contribution in [0.25, 0.3) is 11.4 Å². The van der Waals surface area contributed by atoms with Gasteiger partial charge in [-0.15, -0.1) is 10.2 Å². The van der Waals surface area contributed by atoms with Crippen molar-refractivity contribution in [3.05, 3.63) is 59.7 Å². The van der Waals surface area contributed by atoms with Crippen LogP contribution in [-0.4, -0.2) is 39.1 Å². The molecule has 1 aromatic heterocycles. The molecule has 0 aliphatic carbocycles. The number of aromatic nitrogens is 4. The molecule has 8 heteroatoms. The molecule has 0 bridgehead atoms. The fraction of sp³-hybridized carbons (Fsp3) is 0.167. The molecule has 0 aliphatic heterocycles. The summed E-state index contributed by atoms with van der Waals surface area (Å²) >= 11 is 0. The van der Waals surface area contributed by atoms with E-state index in [0.717, 1.165) is 11.1 Å². The van der Waals surface area contributed by atoms with Crippen molar-refractivity contribution in [1.82, 2.24) is 25.5 Å². The molecule has 0 radical (unpaired) electrons. The van der Waals surface area contributed by atoms with E-state index in [4.69, 9.17) is 0 Å². The molecule has 0 saturated heterocycles. The Morgan fingerprint density at radius 2 is 1.73 bits per heavy atom. The predicted molar refractivity (Wildman–Crippen MR) is 96.5 cm³/mol. The first-order chi connectivity index (χ1) is 12.5. The molecule has 0 spiro atoms. The van der Waals surface area contributed by atoms with Gasteiger partial charge in [-0.05, 0) is 36.4 Å². The van der Waals surface area contributed by atoms with Gasteiger partial charge >= 0.3 is 0 Å². The van der Waals surface area contributed by atoms with Crippen molar-refractivity contribution in [3.63, 3.8) is 0 Å². The molecular formula is C18H18N6O2. The third-order valence-corrected chi connectivity index (χ3v) is 3.71. The van der Waals surface area contributed by atoms with Gasteiger partial charge in [0.25, 0.3) is 5.91 Å². The first-order valence-corrected chi connectivity index (χ1v) is 8.02. The molecule has 132 valence electrons. The summed E-state index contributed by atoms with van der Waals surface area (Å²) in [5.41, 5.74) is 3.09. The Labute approximate surface area is 150 Å². The predicted octanol–water partition coefficient (Wildman–Crippen LogP) is 1.65. The van der Waals surface area contributed by atoms with Crippen LogP contribution in [0, 0.1) is 6.92 Å². The third kappa shape index (κ3) is 4.10. The van der Waals surface area contributed by atoms with Gasteiger partial charge in [0.15, 0.2) is 0 Å². The van der Waals surface area contributed by atoms with Gasteiger partial charge in [0, 0.05) is 23.9 Å². The molecule has 0 saturated carbocycles. The molecule has 0 fully saturated rings. The maximum absolute atomic E-state index is 12.1. The van der Waals surface area contributed by atoms with Gasteiger partial charge in [-0.3, -0.25) is 9.59 Å². The minimum absolute atomic E-state index is 0.0595. The van der Waals surface area contributed by atoms with Crippen LogP contribution in [0.1, 0.15) is 15.9 Å². The Morgan fingerprint density at radius 1 is 1.04 bits per heavy atom. The van der Waals surface area contributed by atoms with E-state index in [1.807, 2.05) is 31.2 Å². The highest BCUT2D eigenvalue weighted by Gasteiger charge is 2.10. The highest BCUT2D eigenvalue weighted by atomic mass is 16.2. The summed E-state index contributed by atoms with van der Waals surface area (Å²) in [5.74, 6) is -0.00314. The zero-order chi connectivity index (χ0) is 18.5. The average molecular weight is 350 g/mol. The van der Waals surface area contributed by atoms with Crippen LogP contribution in [0.5, 0.6) is 0 Å². The van der Waals surface area contributed by atoms with Crippen LogP contribution < -0.4 is 10.6 Å². The van der Waals surface area contributed by atoms with E-state index in [1.54, 1.807) is 31.3 Å². The number of benzene rings is 2. The number of tetrazole rings is 1. The van der Waals surface area contributed by atoms with E-state index in [9.17, 15) is 9.59 Å². The Morgan fingerprint density at radius 3 is 2.38 bits per heavy atom. The standard InChI is InChI=1S/C18H18N6O2/c1-12-3-5-13(6-4-12)17-21-23-24(22-17)11-16(25)20-15-9-7-14(8-10-15)18(26)19-2/h3-10H,11H2,1-2H3,(H,19,26)(H,20,25). The summed E-state index contributed by atoms with van der Waals surface area (Å²) in [6.45, 7) is 1.94. The average Bonchev–Trinajstić information content (AvgIpc) is 3.10. The second kappa shape index (κ2) is 7.56. The van der Waals surface area contributed by atoms with Gasteiger partial charge in [-0.2, -0.15) is 4.80 Å². The van der Waals surface area contributed by atoms with Gasteiger partial charge in [0.2, 0.25) is 11.7 Å². The normalized spacial score (nSPS) is 10.4. The number of aryl methyl sites for hydroxylation is 1. The summed E-state index contributed by atoms with van der Waals surface area (Å²) in [7, 11) is 1.56. The molecule has 2 amide bonds. The van der Waals surface area contributed by atoms with Gasteiger partial charge in [0.05, 0.1) is 0 Å². The van der Waals surface area contributed by atoms with E-state index < -0.39 is 0 Å². The van der Waals surface area contributed by atoms with Crippen LogP contribution in [-0.2, 0) is 11.3 Å². The number of nitrogens with zero attached hydrogens (tertiary/aromatic N) is 4. The Hall–Kier alpha value is -3.55. The molecule has 2 aromatic carbocycles. The van der Waals surface area contributed by atoms with Crippen LogP contribution in [0.4, 0.5) is 5.69 Å². The molecule has 1 heterocycles. The molecule has 3 rings (SSSR count). The zero-order valence-corrected chi connectivity index (χ0v) is 14.4. The lowest BCUT2D eigenvalue weighted by molar-refractivity contribution is -0.117. The second-order valence-corrected chi connectivity index (χ2v) is 5.71. The number of carbonyl (C=O) groups is 2. The maximum Gasteiger partial charge on any atom is 0.251 e. The summed E-state index contributed by atoms with van der Waals surface area (Å²) in [6, 6.07) is 14.3. The van der Waals surface area contributed by atoms with Gasteiger partial charge < -0.3 is 10.6 Å². The quantitative estimate of drug-likeness (QED) is 0.728. The number of carbonyl (C=O) groups excluding carboxylic acids is 2. The number of anilines is 1. The summed E-state index contributed by atoms with van der Waals surface area (Å²) in [6.07, 6.45) is 0. The summed E-state index contributed by atoms with van der Waals surface area (Å²) in [5, 5.41) is 17.4. The van der Waals surface area contributed by atoms with E-state index >= 15 is 0 Å². The zero-order valence-electron chi connectivity index (χ0n) is 14.4. The number of hydrogen-bond donors (Lipinski definition) is 2. The number of hydrogen-bond acceptors (Lipinski definition) is 5. The lowest BCUT2D eigenvalue weighted by atomic mass is 10.1. The minimum atomic E-state index is -0.287. The number of nitrogens with one attached hydrogen (secondary N) is 2. The molecule has 26 heavy (non-hydrogen) atoms. The summed E-state index contributed by atoms with van der Waals surface area (Å²) < 4.78 is 0. The molecule has 3 aromatic rings. The number of rotatable bonds is 5. The van der Waals surface area contributed by atoms with E-state index in [2.05, 4.69) is 26.0 Å². The van der Waals surface area contributed by atoms with E-state index in [1.165, 1.54) is 4.80 Å². The van der Waals surface area contributed by atoms with Crippen molar-refractivity contribution in [2.45, 2.75) is 13.5 Å². The van der Waals surface area contributed by atoms with Crippen molar-refractivity contribution in [3.8, 4) is 11.4 Å². The monoisotopic (exact) mass is 350 g/mol. The Bertz CT molecular complexity index is 916. The smallest absolute Gasteiger partial charge is 0.251 e. The minimum Gasteiger partial charge on any atom is -0.355 e. The highest BCUT2D eigenvalue weighted by Crippen LogP contribution is 2.14. The maximum atomic E-state index is 12.1. The van der Waals surface area contributed by atoms with Crippen LogP contribution in [0.15, 0.2) is 48.5 Å². The molecular weight excluding hydrogens is 332 g/mol. The molecule has 0 atom stereocenters. The van der Waals surface area contributed by atoms with Crippen LogP contribution >= 0.6 is 0 Å². The summed E-state index contributed by atoms with van der Waals surface area (Å²) in [4.78, 5) is 24.9. The Balaban J connectivity index is 1.61. The fourth-order valence-electron chi connectivity index (χ4n) is 2.31. The molecule has 0 unspecified atom stereocenters. The first kappa shape index (κ1) is 17.3. The lowest BCUT2D eigenvalue weighted by Crippen LogP contribution is -2.21. The van der Waals surface area contributed by atoms with Crippen LogP contribution in [0.2, 0.25) is 0 Å². The largest absolute Gasteiger partial charge is 0.355 e. The fourth-order valence-corrected chi connectivity index (χ4v) is 2.31. The van der Waals surface area contributed by atoms with Crippen molar-refractivity contribution in [1.29, 1.82) is 0 Å². The number of amides is 2.